The van der Waals surface area contributed by atoms with Gasteiger partial charge in [-0.15, -0.1) is 11.3 Å². The minimum atomic E-state index is 1.12. The fourth-order valence-electron chi connectivity index (χ4n) is 1.14. The quantitative estimate of drug-likeness (QED) is 0.739. The number of hydrogen-bond acceptors (Lipinski definition) is 1. The first-order valence-corrected chi connectivity index (χ1v) is 5.99. The van der Waals surface area contributed by atoms with Crippen LogP contribution in [0, 0.1) is 0 Å². The third-order valence-corrected chi connectivity index (χ3v) is 3.22. The average Bonchev–Trinajstić information content (AvgIpc) is 2.70. The zero-order valence-corrected chi connectivity index (χ0v) is 9.88. The molecule has 0 bridgehead atoms. The third kappa shape index (κ3) is 2.56. The van der Waals surface area contributed by atoms with Crippen LogP contribution < -0.4 is 0 Å². The number of rotatable bonds is 2. The van der Waals surface area contributed by atoms with Crippen molar-refractivity contribution in [3.8, 4) is 0 Å². The molecule has 0 atom stereocenters. The van der Waals surface area contributed by atoms with Gasteiger partial charge < -0.3 is 0 Å². The molecule has 1 heterocycles. The summed E-state index contributed by atoms with van der Waals surface area (Å²) < 4.78 is 1.12. The Kier molecular flexibility index (Phi) is 3.17. The molecule has 0 radical (unpaired) electrons. The minimum Gasteiger partial charge on any atom is -0.144 e. The van der Waals surface area contributed by atoms with Crippen molar-refractivity contribution in [2.75, 3.05) is 0 Å². The maximum absolute atomic E-state index is 3.41. The van der Waals surface area contributed by atoms with E-state index in [0.29, 0.717) is 0 Å². The van der Waals surface area contributed by atoms with Gasteiger partial charge in [0.25, 0.3) is 0 Å². The van der Waals surface area contributed by atoms with E-state index in [-0.39, 0.29) is 0 Å². The summed E-state index contributed by atoms with van der Waals surface area (Å²) in [6.45, 7) is 0. The molecule has 0 fully saturated rings. The summed E-state index contributed by atoms with van der Waals surface area (Å²) in [5, 5.41) is 2.08. The van der Waals surface area contributed by atoms with Gasteiger partial charge in [-0.05, 0) is 35.2 Å². The van der Waals surface area contributed by atoms with E-state index in [4.69, 9.17) is 0 Å². The number of benzene rings is 1. The summed E-state index contributed by atoms with van der Waals surface area (Å²) in [5.41, 5.74) is 1.22. The molecule has 1 aromatic carbocycles. The Labute approximate surface area is 96.0 Å². The van der Waals surface area contributed by atoms with E-state index < -0.39 is 0 Å². The maximum atomic E-state index is 3.41. The van der Waals surface area contributed by atoms with E-state index in [1.807, 2.05) is 12.1 Å². The first kappa shape index (κ1) is 9.69. The molecule has 0 unspecified atom stereocenters. The van der Waals surface area contributed by atoms with Gasteiger partial charge in [0.2, 0.25) is 0 Å². The fraction of sp³-hybridized carbons (Fsp3) is 0. The van der Waals surface area contributed by atoms with Crippen molar-refractivity contribution in [3.05, 3.63) is 56.7 Å². The van der Waals surface area contributed by atoms with Gasteiger partial charge in [-0.2, -0.15) is 0 Å². The molecule has 0 aliphatic heterocycles. The summed E-state index contributed by atoms with van der Waals surface area (Å²) in [5.74, 6) is 0. The van der Waals surface area contributed by atoms with Gasteiger partial charge in [0, 0.05) is 9.35 Å². The monoisotopic (exact) mass is 264 g/mol. The smallest absolute Gasteiger partial charge is 0.0270 e. The van der Waals surface area contributed by atoms with E-state index in [1.165, 1.54) is 10.4 Å². The van der Waals surface area contributed by atoms with Crippen LogP contribution in [-0.2, 0) is 0 Å². The van der Waals surface area contributed by atoms with E-state index in [2.05, 4.69) is 57.7 Å². The summed E-state index contributed by atoms with van der Waals surface area (Å²) in [6.07, 6.45) is 4.26. The molecule has 14 heavy (non-hydrogen) atoms. The molecular formula is C12H9BrS. The van der Waals surface area contributed by atoms with E-state index >= 15 is 0 Å². The summed E-state index contributed by atoms with van der Waals surface area (Å²) in [6, 6.07) is 12.5. The van der Waals surface area contributed by atoms with Crippen molar-refractivity contribution < 1.29 is 0 Å². The zero-order chi connectivity index (χ0) is 9.80. The lowest BCUT2D eigenvalue weighted by atomic mass is 10.2. The lowest BCUT2D eigenvalue weighted by molar-refractivity contribution is 1.62. The minimum absolute atomic E-state index is 1.12. The van der Waals surface area contributed by atoms with Crippen LogP contribution in [0.1, 0.15) is 10.4 Å². The van der Waals surface area contributed by atoms with Crippen LogP contribution in [-0.4, -0.2) is 0 Å². The van der Waals surface area contributed by atoms with E-state index in [1.54, 1.807) is 11.3 Å². The van der Waals surface area contributed by atoms with Crippen molar-refractivity contribution in [2.24, 2.45) is 0 Å². The van der Waals surface area contributed by atoms with Crippen molar-refractivity contribution in [1.29, 1.82) is 0 Å². The van der Waals surface area contributed by atoms with Gasteiger partial charge in [0.05, 0.1) is 0 Å². The lowest BCUT2D eigenvalue weighted by Crippen LogP contribution is -1.69. The van der Waals surface area contributed by atoms with Crippen LogP contribution in [0.4, 0.5) is 0 Å². The first-order chi connectivity index (χ1) is 6.84. The number of halogens is 1. The van der Waals surface area contributed by atoms with Crippen LogP contribution >= 0.6 is 27.3 Å². The molecule has 0 amide bonds. The first-order valence-electron chi connectivity index (χ1n) is 4.32. The molecule has 0 spiro atoms. The Hall–Kier alpha value is -0.860. The van der Waals surface area contributed by atoms with Crippen molar-refractivity contribution in [2.45, 2.75) is 0 Å². The molecule has 2 aromatic rings. The molecule has 2 heteroatoms. The lowest BCUT2D eigenvalue weighted by Gasteiger charge is -1.92. The fourth-order valence-corrected chi connectivity index (χ4v) is 2.02. The Morgan fingerprint density at radius 3 is 2.43 bits per heavy atom. The Balaban J connectivity index is 2.15. The third-order valence-electron chi connectivity index (χ3n) is 1.85. The van der Waals surface area contributed by atoms with Gasteiger partial charge in [0.1, 0.15) is 0 Å². The van der Waals surface area contributed by atoms with Crippen molar-refractivity contribution in [3.63, 3.8) is 0 Å². The Morgan fingerprint density at radius 1 is 1.00 bits per heavy atom. The second kappa shape index (κ2) is 4.58. The molecule has 1 aromatic heterocycles. The molecule has 0 aliphatic carbocycles. The summed E-state index contributed by atoms with van der Waals surface area (Å²) in [4.78, 5) is 1.29. The van der Waals surface area contributed by atoms with Crippen LogP contribution in [0.2, 0.25) is 0 Å². The van der Waals surface area contributed by atoms with Gasteiger partial charge >= 0.3 is 0 Å². The molecular weight excluding hydrogens is 256 g/mol. The van der Waals surface area contributed by atoms with Crippen molar-refractivity contribution in [1.82, 2.24) is 0 Å². The number of hydrogen-bond donors (Lipinski definition) is 0. The van der Waals surface area contributed by atoms with Crippen molar-refractivity contribution >= 4 is 39.4 Å². The topological polar surface area (TPSA) is 0 Å². The van der Waals surface area contributed by atoms with Gasteiger partial charge in [-0.25, -0.2) is 0 Å². The summed E-state index contributed by atoms with van der Waals surface area (Å²) in [7, 11) is 0. The van der Waals surface area contributed by atoms with Crippen LogP contribution in [0.3, 0.4) is 0 Å². The predicted octanol–water partition coefficient (Wildman–Crippen LogP) is 4.68. The zero-order valence-electron chi connectivity index (χ0n) is 7.48. The van der Waals surface area contributed by atoms with Crippen LogP contribution in [0.5, 0.6) is 0 Å². The Morgan fingerprint density at radius 2 is 1.79 bits per heavy atom. The number of thiophene rings is 1. The van der Waals surface area contributed by atoms with Crippen LogP contribution in [0.15, 0.2) is 46.3 Å². The molecule has 0 aliphatic rings. The Bertz CT molecular complexity index is 412. The second-order valence-corrected chi connectivity index (χ2v) is 4.80. The van der Waals surface area contributed by atoms with Gasteiger partial charge in [-0.1, -0.05) is 40.2 Å². The molecule has 0 saturated heterocycles. The normalized spacial score (nSPS) is 10.9. The standard InChI is InChI=1S/C12H9BrS/c13-11-6-3-10(4-7-11)5-8-12-2-1-9-14-12/h1-9H/b8-5+. The average molecular weight is 265 g/mol. The predicted molar refractivity (Wildman–Crippen MR) is 67.4 cm³/mol. The highest BCUT2D eigenvalue weighted by atomic mass is 79.9. The molecule has 0 nitrogen and oxygen atoms in total. The van der Waals surface area contributed by atoms with Gasteiger partial charge in [0.15, 0.2) is 0 Å². The molecule has 2 rings (SSSR count). The summed E-state index contributed by atoms with van der Waals surface area (Å²) >= 11 is 5.16. The SMILES string of the molecule is Brc1ccc(/C=C/c2cccs2)cc1. The largest absolute Gasteiger partial charge is 0.144 e. The van der Waals surface area contributed by atoms with E-state index in [0.717, 1.165) is 4.47 Å². The molecule has 70 valence electrons. The highest BCUT2D eigenvalue weighted by Gasteiger charge is 1.88. The molecule has 0 N–H and O–H groups in total. The molecule has 0 saturated carbocycles. The van der Waals surface area contributed by atoms with Gasteiger partial charge in [-0.3, -0.25) is 0 Å². The van der Waals surface area contributed by atoms with Crippen LogP contribution in [0.25, 0.3) is 12.2 Å². The highest BCUT2D eigenvalue weighted by Crippen LogP contribution is 2.15. The second-order valence-electron chi connectivity index (χ2n) is 2.90. The van der Waals surface area contributed by atoms with E-state index in [9.17, 15) is 0 Å². The maximum Gasteiger partial charge on any atom is 0.0270 e. The highest BCUT2D eigenvalue weighted by molar-refractivity contribution is 9.10.